The Kier molecular flexibility index (Phi) is 27.8. The van der Waals surface area contributed by atoms with Gasteiger partial charge < -0.3 is 76.5 Å². The summed E-state index contributed by atoms with van der Waals surface area (Å²) in [6.07, 6.45) is -0.354. The van der Waals surface area contributed by atoms with Gasteiger partial charge in [0.05, 0.1) is 18.8 Å². The molecule has 2 fully saturated rings. The van der Waals surface area contributed by atoms with Crippen LogP contribution in [0.4, 0.5) is 8.78 Å². The maximum atomic E-state index is 13.1. The number of nitrogens with zero attached hydrogens (tertiary/aromatic N) is 2. The summed E-state index contributed by atoms with van der Waals surface area (Å²) in [5.74, 6) is 0.626. The largest absolute Gasteiger partial charge is 1.00 e. The Balaban J connectivity index is 0.000000328. The maximum Gasteiger partial charge on any atom is 1.00 e. The molecule has 0 amide bonds. The fourth-order valence-corrected chi connectivity index (χ4v) is 10.7. The molecule has 18 heteroatoms. The Labute approximate surface area is 526 Å². The van der Waals surface area contributed by atoms with Crippen LogP contribution in [0.15, 0.2) is 97.3 Å². The molecule has 0 saturated carbocycles. The van der Waals surface area contributed by atoms with Crippen molar-refractivity contribution in [2.45, 2.75) is 89.7 Å². The number of hydrogen-bond donors (Lipinski definition) is 4. The number of hydrogen-bond acceptors (Lipinski definition) is 10. The monoisotopic (exact) mass is 1270 g/mol. The van der Waals surface area contributed by atoms with Gasteiger partial charge in [0.2, 0.25) is 11.9 Å². The molecule has 4 N–H and O–H groups in total. The summed E-state index contributed by atoms with van der Waals surface area (Å²) in [5, 5.41) is 41.2. The second kappa shape index (κ2) is 29.8. The van der Waals surface area contributed by atoms with Crippen molar-refractivity contribution >= 4 is 68.5 Å². The van der Waals surface area contributed by atoms with Crippen LogP contribution >= 0.6 is 68.5 Å². The van der Waals surface area contributed by atoms with E-state index in [1.54, 1.807) is 47.9 Å². The molecule has 8 rings (SSSR count). The molecule has 2 saturated heterocycles. The number of pyridine rings is 2. The van der Waals surface area contributed by atoms with E-state index in [1.165, 1.54) is 40.1 Å². The molecule has 350 valence electrons. The Morgan fingerprint density at radius 1 is 0.627 bits per heavy atom. The van der Waals surface area contributed by atoms with Gasteiger partial charge in [0.25, 0.3) is 0 Å². The molecule has 2 aliphatic rings. The minimum absolute atomic E-state index is 0. The Bertz CT molecular complexity index is 2270. The second-order valence-electron chi connectivity index (χ2n) is 16.2. The smallest absolute Gasteiger partial charge is 1.00 e. The fraction of sp³-hybridized carbons (Fsp3) is 0.367. The number of benzene rings is 2. The van der Waals surface area contributed by atoms with Crippen molar-refractivity contribution in [3.63, 3.8) is 0 Å². The topological polar surface area (TPSA) is 125 Å². The predicted octanol–water partition coefficient (Wildman–Crippen LogP) is 2.88. The van der Waals surface area contributed by atoms with Crippen LogP contribution in [0.3, 0.4) is 0 Å². The zero-order valence-corrected chi connectivity index (χ0v) is 51.8. The normalized spacial score (nSPS) is 24.3. The zero-order chi connectivity index (χ0) is 46.2. The van der Waals surface area contributed by atoms with E-state index in [1.807, 2.05) is 40.8 Å². The summed E-state index contributed by atoms with van der Waals surface area (Å²) in [4.78, 5) is 14.9. The van der Waals surface area contributed by atoms with E-state index < -0.39 is 49.0 Å². The second-order valence-corrected chi connectivity index (χ2v) is 19.3. The van der Waals surface area contributed by atoms with Crippen molar-refractivity contribution < 1.29 is 165 Å². The molecule has 6 heterocycles. The summed E-state index contributed by atoms with van der Waals surface area (Å²) in [5.41, 5.74) is 5.44. The van der Waals surface area contributed by atoms with E-state index in [0.29, 0.717) is 40.9 Å². The Hall–Kier alpha value is 1.07. The van der Waals surface area contributed by atoms with Gasteiger partial charge in [0.1, 0.15) is 30.5 Å². The Morgan fingerprint density at radius 2 is 1.09 bits per heavy atom. The van der Waals surface area contributed by atoms with Crippen molar-refractivity contribution in [1.29, 1.82) is 0 Å². The van der Waals surface area contributed by atoms with E-state index in [-0.39, 0.29) is 133 Å². The van der Waals surface area contributed by atoms with E-state index in [0.717, 1.165) is 54.7 Å². The molecule has 67 heavy (non-hydrogen) atoms. The predicted molar refractivity (Wildman–Crippen MR) is 261 cm³/mol. The molecule has 0 bridgehead atoms. The average Bonchev–Trinajstić information content (AvgIpc) is 3.98. The summed E-state index contributed by atoms with van der Waals surface area (Å²) >= 11 is 18.1. The maximum absolute atomic E-state index is 13.1. The summed E-state index contributed by atoms with van der Waals surface area (Å²) in [7, 11) is 0. The van der Waals surface area contributed by atoms with Crippen molar-refractivity contribution in [2.75, 3.05) is 6.61 Å². The van der Waals surface area contributed by atoms with Gasteiger partial charge in [-0.2, -0.15) is 8.78 Å². The molecular formula is C49H52Cl2F2I2K2N2O6S2. The van der Waals surface area contributed by atoms with Crippen molar-refractivity contribution in [1.82, 2.24) is 9.97 Å². The third kappa shape index (κ3) is 16.0. The van der Waals surface area contributed by atoms with Crippen molar-refractivity contribution in [3.05, 3.63) is 156 Å². The van der Waals surface area contributed by atoms with E-state index >= 15 is 0 Å². The number of ether oxygens (including phenoxy) is 2. The first-order valence-electron chi connectivity index (χ1n) is 20.9. The molecule has 0 spiro atoms. The van der Waals surface area contributed by atoms with E-state index in [2.05, 4.69) is 66.9 Å². The number of rotatable bonds is 10. The van der Waals surface area contributed by atoms with Gasteiger partial charge in [-0.3, -0.25) is 4.93 Å². The van der Waals surface area contributed by atoms with Crippen LogP contribution in [0.2, 0.25) is 10.0 Å². The average molecular weight is 1270 g/mol. The molecule has 10 atom stereocenters. The number of thiophene rings is 2. The summed E-state index contributed by atoms with van der Waals surface area (Å²) < 4.78 is 38.4. The van der Waals surface area contributed by atoms with Crippen molar-refractivity contribution in [2.24, 2.45) is 17.8 Å². The first kappa shape index (κ1) is 62.4. The van der Waals surface area contributed by atoms with Gasteiger partial charge in [-0.1, -0.05) is 75.2 Å². The molecule has 0 unspecified atom stereocenters. The zero-order valence-electron chi connectivity index (χ0n) is 38.1. The van der Waals surface area contributed by atoms with E-state index in [4.69, 9.17) is 32.7 Å². The van der Waals surface area contributed by atoms with Gasteiger partial charge in [0, 0.05) is 65.9 Å². The quantitative estimate of drug-likeness (QED) is 0.0716. The number of aliphatic hydroxyl groups is 4. The van der Waals surface area contributed by atoms with Gasteiger partial charge in [0.15, 0.2) is 0 Å². The third-order valence-corrected chi connectivity index (χ3v) is 15.2. The van der Waals surface area contributed by atoms with Gasteiger partial charge in [-0.25, -0.2) is 9.97 Å². The SMILES string of the molecule is CC[C@H]1O[C@@H](c2ccc(Cl)c(Cc3ccc(-c4ccc(F)nc4)s3)c2)[C@H](C)[C@@H](C)[C@@H]1C.OC[C@H]1O[C@@H](c2ccc(Cl)c(Cc3ccc(-c4ccc(F)nc4)s3)c2)[C@H](O)[C@@H](O)[C@@H]1O.[CH2-]I.[I-].[K+].[K+]. The molecule has 0 aliphatic carbocycles. The molecule has 6 aromatic rings. The van der Waals surface area contributed by atoms with Crippen LogP contribution < -0.4 is 127 Å². The van der Waals surface area contributed by atoms with Crippen LogP contribution in [-0.4, -0.2) is 67.5 Å². The minimum Gasteiger partial charge on any atom is -1.00 e. The molecular weight excluding hydrogens is 1220 g/mol. The minimum atomic E-state index is -1.45. The first-order valence-corrected chi connectivity index (χ1v) is 24.9. The van der Waals surface area contributed by atoms with Crippen LogP contribution in [0.25, 0.3) is 20.9 Å². The number of halogens is 6. The summed E-state index contributed by atoms with van der Waals surface area (Å²) in [6, 6.07) is 25.7. The fourth-order valence-electron chi connectivity index (χ4n) is 8.25. The van der Waals surface area contributed by atoms with Gasteiger partial charge >= 0.3 is 103 Å². The molecule has 2 aromatic carbocycles. The standard InChI is InChI=1S/C26H29ClFNOS.C22H21ClFNO5S.CH2I.HI.2K/c1-5-23-16(3)15(2)17(4)26(30-23)18-6-9-22(27)20(12-18)13-21-8-10-24(31-21)19-7-11-25(28)29-14-19;23-15-4-1-11(22-21(29)20(28)19(27)16(10-26)30-22)7-13(15)8-14-3-5-17(31-14)12-2-6-18(24)25-9-12;1-2;;;/h6-12,14-17,23,26H,5,13H2,1-4H3;1-7,9,16,19-22,26-29H,8,10H2;1H2;1H;;/q;;-1;;2*+1/p-1/t15-,16-,17+,23+,26+;16-,19-,20+,21-,22+;;;;/m01..../s1. The molecule has 2 aliphatic heterocycles. The Morgan fingerprint density at radius 3 is 1.52 bits per heavy atom. The molecule has 4 aromatic heterocycles. The first-order chi connectivity index (χ1) is 30.7. The van der Waals surface area contributed by atoms with Crippen molar-refractivity contribution in [3.8, 4) is 20.9 Å². The van der Waals surface area contributed by atoms with Crippen LogP contribution in [0, 0.1) is 34.6 Å². The third-order valence-electron chi connectivity index (χ3n) is 12.2. The number of aromatic nitrogens is 2. The van der Waals surface area contributed by atoms with Gasteiger partial charge in [-0.05, 0) is 107 Å². The summed E-state index contributed by atoms with van der Waals surface area (Å²) in [6.45, 7) is 8.68. The van der Waals surface area contributed by atoms with Crippen LogP contribution in [0.5, 0.6) is 0 Å². The van der Waals surface area contributed by atoms with Crippen LogP contribution in [-0.2, 0) is 22.3 Å². The van der Waals surface area contributed by atoms with E-state index in [9.17, 15) is 29.2 Å². The van der Waals surface area contributed by atoms with Gasteiger partial charge in [-0.15, -0.1) is 22.7 Å². The van der Waals surface area contributed by atoms with Crippen LogP contribution in [0.1, 0.15) is 78.3 Å². The number of aliphatic hydroxyl groups excluding tert-OH is 4. The molecule has 0 radical (unpaired) electrons. The molecule has 8 nitrogen and oxygen atoms in total.